The van der Waals surface area contributed by atoms with Crippen molar-refractivity contribution in [1.29, 1.82) is 0 Å². The van der Waals surface area contributed by atoms with Crippen LogP contribution in [0.2, 0.25) is 0 Å². The molecule has 0 spiro atoms. The molecule has 0 aliphatic carbocycles. The maximum absolute atomic E-state index is 11.6. The molecule has 1 aromatic carbocycles. The zero-order valence-electron chi connectivity index (χ0n) is 13.1. The molecular formula is C16H27NO2S. The van der Waals surface area contributed by atoms with E-state index in [1.807, 2.05) is 0 Å². The maximum atomic E-state index is 11.6. The Labute approximate surface area is 123 Å². The number of hydrogen-bond acceptors (Lipinski definition) is 3. The Morgan fingerprint density at radius 1 is 1.20 bits per heavy atom. The first-order valence-corrected chi connectivity index (χ1v) is 9.22. The zero-order chi connectivity index (χ0) is 15.2. The minimum absolute atomic E-state index is 0.238. The second-order valence-electron chi connectivity index (χ2n) is 5.35. The van der Waals surface area contributed by atoms with E-state index in [0.717, 1.165) is 13.0 Å². The van der Waals surface area contributed by atoms with Gasteiger partial charge in [-0.2, -0.15) is 0 Å². The quantitative estimate of drug-likeness (QED) is 0.801. The van der Waals surface area contributed by atoms with E-state index in [4.69, 9.17) is 0 Å². The molecule has 0 saturated heterocycles. The highest BCUT2D eigenvalue weighted by molar-refractivity contribution is 7.91. The molecule has 0 fully saturated rings. The van der Waals surface area contributed by atoms with Crippen LogP contribution in [0.4, 0.5) is 0 Å². The van der Waals surface area contributed by atoms with Gasteiger partial charge in [0.1, 0.15) is 9.84 Å². The summed E-state index contributed by atoms with van der Waals surface area (Å²) in [4.78, 5) is 0. The lowest BCUT2D eigenvalue weighted by Gasteiger charge is -2.21. The number of aryl methyl sites for hydroxylation is 2. The monoisotopic (exact) mass is 297 g/mol. The number of hydrogen-bond donors (Lipinski definition) is 1. The summed E-state index contributed by atoms with van der Waals surface area (Å²) in [6.07, 6.45) is 1.57. The molecule has 20 heavy (non-hydrogen) atoms. The predicted molar refractivity (Wildman–Crippen MR) is 85.9 cm³/mol. The van der Waals surface area contributed by atoms with Gasteiger partial charge < -0.3 is 5.32 Å². The van der Waals surface area contributed by atoms with Crippen LogP contribution in [0.25, 0.3) is 0 Å². The van der Waals surface area contributed by atoms with Crippen LogP contribution in [0, 0.1) is 13.8 Å². The Kier molecular flexibility index (Phi) is 6.69. The summed E-state index contributed by atoms with van der Waals surface area (Å²) in [7, 11) is -2.86. The number of benzene rings is 1. The molecule has 1 unspecified atom stereocenters. The first-order chi connectivity index (χ1) is 9.39. The third-order valence-corrected chi connectivity index (χ3v) is 5.44. The van der Waals surface area contributed by atoms with E-state index >= 15 is 0 Å². The van der Waals surface area contributed by atoms with Crippen LogP contribution in [0.3, 0.4) is 0 Å². The Morgan fingerprint density at radius 2 is 1.90 bits per heavy atom. The third-order valence-electron chi connectivity index (χ3n) is 3.65. The van der Waals surface area contributed by atoms with Gasteiger partial charge in [0, 0.05) is 11.8 Å². The van der Waals surface area contributed by atoms with Crippen LogP contribution in [0.15, 0.2) is 18.2 Å². The molecule has 0 aliphatic heterocycles. The molecule has 3 nitrogen and oxygen atoms in total. The van der Waals surface area contributed by atoms with Gasteiger partial charge in [0.25, 0.3) is 0 Å². The lowest BCUT2D eigenvalue weighted by atomic mass is 9.96. The lowest BCUT2D eigenvalue weighted by molar-refractivity contribution is 0.504. The summed E-state index contributed by atoms with van der Waals surface area (Å²) in [5.74, 6) is 0.526. The summed E-state index contributed by atoms with van der Waals surface area (Å²) >= 11 is 0. The van der Waals surface area contributed by atoms with E-state index in [1.54, 1.807) is 6.92 Å². The summed E-state index contributed by atoms with van der Waals surface area (Å²) in [6.45, 7) is 8.89. The number of sulfone groups is 1. The second-order valence-corrected chi connectivity index (χ2v) is 7.82. The van der Waals surface area contributed by atoms with Crippen molar-refractivity contribution in [1.82, 2.24) is 5.32 Å². The second kappa shape index (κ2) is 7.79. The van der Waals surface area contributed by atoms with Crippen molar-refractivity contribution in [3.8, 4) is 0 Å². The van der Waals surface area contributed by atoms with Gasteiger partial charge in [-0.3, -0.25) is 0 Å². The summed E-state index contributed by atoms with van der Waals surface area (Å²) in [5, 5.41) is 3.48. The molecule has 0 aliphatic rings. The fourth-order valence-electron chi connectivity index (χ4n) is 2.40. The Balaban J connectivity index is 2.76. The van der Waals surface area contributed by atoms with Gasteiger partial charge in [0.15, 0.2) is 0 Å². The molecule has 4 heteroatoms. The minimum Gasteiger partial charge on any atom is -0.310 e. The van der Waals surface area contributed by atoms with Gasteiger partial charge in [0.2, 0.25) is 0 Å². The fraction of sp³-hybridized carbons (Fsp3) is 0.625. The molecule has 0 aromatic heterocycles. The Hall–Kier alpha value is -0.870. The van der Waals surface area contributed by atoms with Crippen molar-refractivity contribution < 1.29 is 8.42 Å². The van der Waals surface area contributed by atoms with Gasteiger partial charge in [-0.15, -0.1) is 0 Å². The maximum Gasteiger partial charge on any atom is 0.150 e. The van der Waals surface area contributed by atoms with Crippen molar-refractivity contribution in [2.45, 2.75) is 46.6 Å². The molecule has 0 bridgehead atoms. The van der Waals surface area contributed by atoms with E-state index in [9.17, 15) is 8.42 Å². The van der Waals surface area contributed by atoms with Gasteiger partial charge in [-0.25, -0.2) is 8.42 Å². The minimum atomic E-state index is -2.86. The van der Waals surface area contributed by atoms with Crippen LogP contribution in [0.1, 0.15) is 49.4 Å². The predicted octanol–water partition coefficient (Wildman–Crippen LogP) is 3.17. The van der Waals surface area contributed by atoms with Gasteiger partial charge >= 0.3 is 0 Å². The largest absolute Gasteiger partial charge is 0.310 e. The molecule has 0 amide bonds. The summed E-state index contributed by atoms with van der Waals surface area (Å²) in [5.41, 5.74) is 3.80. The molecule has 1 atom stereocenters. The molecule has 114 valence electrons. The molecule has 1 aromatic rings. The molecule has 0 heterocycles. The third kappa shape index (κ3) is 5.25. The van der Waals surface area contributed by atoms with Gasteiger partial charge in [-0.05, 0) is 44.4 Å². The highest BCUT2D eigenvalue weighted by Crippen LogP contribution is 2.23. The topological polar surface area (TPSA) is 46.2 Å². The van der Waals surface area contributed by atoms with E-state index < -0.39 is 9.84 Å². The van der Waals surface area contributed by atoms with Crippen molar-refractivity contribution in [2.24, 2.45) is 0 Å². The van der Waals surface area contributed by atoms with Crippen LogP contribution < -0.4 is 5.32 Å². The van der Waals surface area contributed by atoms with Crippen molar-refractivity contribution in [3.63, 3.8) is 0 Å². The van der Waals surface area contributed by atoms with Crippen molar-refractivity contribution in [2.75, 3.05) is 18.1 Å². The smallest absolute Gasteiger partial charge is 0.150 e. The highest BCUT2D eigenvalue weighted by Gasteiger charge is 2.15. The molecule has 0 saturated carbocycles. The number of nitrogens with one attached hydrogen (secondary N) is 1. The molecule has 1 rings (SSSR count). The average molecular weight is 297 g/mol. The number of rotatable bonds is 8. The van der Waals surface area contributed by atoms with Crippen LogP contribution in [-0.2, 0) is 9.84 Å². The van der Waals surface area contributed by atoms with Crippen LogP contribution >= 0.6 is 0 Å². The highest BCUT2D eigenvalue weighted by atomic mass is 32.2. The van der Waals surface area contributed by atoms with E-state index in [0.29, 0.717) is 6.42 Å². The molecule has 0 radical (unpaired) electrons. The zero-order valence-corrected chi connectivity index (χ0v) is 13.9. The normalized spacial score (nSPS) is 13.4. The van der Waals surface area contributed by atoms with Crippen LogP contribution in [0.5, 0.6) is 0 Å². The van der Waals surface area contributed by atoms with Crippen molar-refractivity contribution in [3.05, 3.63) is 34.9 Å². The Morgan fingerprint density at radius 3 is 2.50 bits per heavy atom. The molecule has 1 N–H and O–H groups in total. The fourth-order valence-corrected chi connectivity index (χ4v) is 3.30. The molecular weight excluding hydrogens is 270 g/mol. The van der Waals surface area contributed by atoms with Gasteiger partial charge in [0.05, 0.1) is 5.75 Å². The SMILES string of the molecule is CCNC(CCCS(=O)(=O)CC)c1cc(C)ccc1C. The van der Waals surface area contributed by atoms with Crippen molar-refractivity contribution >= 4 is 9.84 Å². The van der Waals surface area contributed by atoms with E-state index in [2.05, 4.69) is 44.3 Å². The lowest BCUT2D eigenvalue weighted by Crippen LogP contribution is -2.23. The first kappa shape index (κ1) is 17.2. The van der Waals surface area contributed by atoms with E-state index in [1.165, 1.54) is 16.7 Å². The Bertz CT molecular complexity index is 523. The first-order valence-electron chi connectivity index (χ1n) is 7.40. The summed E-state index contributed by atoms with van der Waals surface area (Å²) < 4.78 is 23.2. The standard InChI is InChI=1S/C16H27NO2S/c1-5-17-16(8-7-11-20(18,19)6-2)15-12-13(3)9-10-14(15)4/h9-10,12,16-17H,5-8,11H2,1-4H3. The van der Waals surface area contributed by atoms with Gasteiger partial charge in [-0.1, -0.05) is 37.6 Å². The van der Waals surface area contributed by atoms with Crippen LogP contribution in [-0.4, -0.2) is 26.5 Å². The van der Waals surface area contributed by atoms with E-state index in [-0.39, 0.29) is 17.5 Å². The summed E-state index contributed by atoms with van der Waals surface area (Å²) in [6, 6.07) is 6.70. The average Bonchev–Trinajstić information content (AvgIpc) is 2.40.